The lowest BCUT2D eigenvalue weighted by molar-refractivity contribution is -0.137. The van der Waals surface area contributed by atoms with Crippen molar-refractivity contribution in [3.63, 3.8) is 0 Å². The highest BCUT2D eigenvalue weighted by atomic mass is 19.4. The fourth-order valence-corrected chi connectivity index (χ4v) is 3.04. The van der Waals surface area contributed by atoms with Crippen LogP contribution in [0.5, 0.6) is 0 Å². The molecule has 0 bridgehead atoms. The molecule has 0 atom stereocenters. The molecule has 1 aliphatic rings. The number of hydrogen-bond acceptors (Lipinski definition) is 6. The van der Waals surface area contributed by atoms with Gasteiger partial charge in [-0.15, -0.1) is 0 Å². The van der Waals surface area contributed by atoms with Gasteiger partial charge in [-0.1, -0.05) is 6.07 Å². The van der Waals surface area contributed by atoms with E-state index in [1.54, 1.807) is 30.3 Å². The molecular formula is C20H17F3N6. The first-order valence-electron chi connectivity index (χ1n) is 8.82. The van der Waals surface area contributed by atoms with Gasteiger partial charge in [0, 0.05) is 37.6 Å². The summed E-state index contributed by atoms with van der Waals surface area (Å²) in [6.45, 7) is 2.57. The number of nitrogens with zero attached hydrogens (tertiary/aromatic N) is 5. The van der Waals surface area contributed by atoms with Crippen molar-refractivity contribution in [1.82, 2.24) is 0 Å². The largest absolute Gasteiger partial charge is 0.416 e. The molecule has 1 heterocycles. The van der Waals surface area contributed by atoms with Crippen LogP contribution in [0, 0.1) is 22.7 Å². The summed E-state index contributed by atoms with van der Waals surface area (Å²) < 4.78 is 38.8. The van der Waals surface area contributed by atoms with Crippen LogP contribution in [-0.2, 0) is 6.18 Å². The second kappa shape index (κ2) is 8.53. The van der Waals surface area contributed by atoms with Crippen LogP contribution >= 0.6 is 0 Å². The standard InChI is InChI=1S/C20H17F3N6/c21-20(22,23)15-2-1-3-19(12-15)29-10-8-28(9-11-29)18-6-4-16(5-7-18)26-27-17(13-24)14-25/h1-7,12,26H,8-11H2. The van der Waals surface area contributed by atoms with Crippen LogP contribution in [0.2, 0.25) is 0 Å². The van der Waals surface area contributed by atoms with Gasteiger partial charge in [0.1, 0.15) is 12.1 Å². The number of nitrogens with one attached hydrogen (secondary N) is 1. The zero-order chi connectivity index (χ0) is 20.9. The van der Waals surface area contributed by atoms with E-state index in [1.807, 2.05) is 17.0 Å². The van der Waals surface area contributed by atoms with Gasteiger partial charge in [-0.25, -0.2) is 0 Å². The first-order valence-corrected chi connectivity index (χ1v) is 8.82. The van der Waals surface area contributed by atoms with Gasteiger partial charge < -0.3 is 9.80 Å². The van der Waals surface area contributed by atoms with E-state index in [0.29, 0.717) is 37.6 Å². The molecule has 0 aromatic heterocycles. The molecule has 0 radical (unpaired) electrons. The predicted octanol–water partition coefficient (Wildman–Crippen LogP) is 3.85. The minimum Gasteiger partial charge on any atom is -0.368 e. The molecule has 1 N–H and O–H groups in total. The summed E-state index contributed by atoms with van der Waals surface area (Å²) in [6.07, 6.45) is -4.35. The molecule has 0 saturated carbocycles. The lowest BCUT2D eigenvalue weighted by Crippen LogP contribution is -2.46. The van der Waals surface area contributed by atoms with Gasteiger partial charge in [0.15, 0.2) is 0 Å². The Morgan fingerprint density at radius 2 is 1.48 bits per heavy atom. The number of benzene rings is 2. The molecule has 0 amide bonds. The Bertz CT molecular complexity index is 945. The Balaban J connectivity index is 1.61. The third-order valence-electron chi connectivity index (χ3n) is 4.56. The molecule has 3 rings (SSSR count). The summed E-state index contributed by atoms with van der Waals surface area (Å²) in [5.74, 6) is 0. The van der Waals surface area contributed by atoms with Crippen LogP contribution in [0.4, 0.5) is 30.2 Å². The van der Waals surface area contributed by atoms with E-state index in [0.717, 1.165) is 11.8 Å². The number of hydrazone groups is 1. The minimum atomic E-state index is -4.35. The van der Waals surface area contributed by atoms with Crippen molar-refractivity contribution in [2.45, 2.75) is 6.18 Å². The molecule has 6 nitrogen and oxygen atoms in total. The number of anilines is 3. The maximum Gasteiger partial charge on any atom is 0.416 e. The van der Waals surface area contributed by atoms with Crippen LogP contribution in [0.25, 0.3) is 0 Å². The highest BCUT2D eigenvalue weighted by Crippen LogP contribution is 2.32. The van der Waals surface area contributed by atoms with Gasteiger partial charge in [-0.05, 0) is 42.5 Å². The summed E-state index contributed by atoms with van der Waals surface area (Å²) in [5, 5.41) is 21.0. The van der Waals surface area contributed by atoms with Gasteiger partial charge >= 0.3 is 6.18 Å². The second-order valence-corrected chi connectivity index (χ2v) is 6.36. The maximum absolute atomic E-state index is 12.9. The topological polar surface area (TPSA) is 78.4 Å². The fourth-order valence-electron chi connectivity index (χ4n) is 3.04. The first-order chi connectivity index (χ1) is 13.9. The predicted molar refractivity (Wildman–Crippen MR) is 105 cm³/mol. The van der Waals surface area contributed by atoms with Crippen LogP contribution in [-0.4, -0.2) is 31.9 Å². The zero-order valence-electron chi connectivity index (χ0n) is 15.3. The van der Waals surface area contributed by atoms with Crippen LogP contribution in [0.3, 0.4) is 0 Å². The van der Waals surface area contributed by atoms with Crippen LogP contribution in [0.15, 0.2) is 53.6 Å². The normalized spacial score (nSPS) is 14.0. The Morgan fingerprint density at radius 3 is 2.03 bits per heavy atom. The van der Waals surface area contributed by atoms with E-state index in [2.05, 4.69) is 15.4 Å². The molecule has 1 saturated heterocycles. The Morgan fingerprint density at radius 1 is 0.897 bits per heavy atom. The number of piperazine rings is 1. The molecule has 0 aliphatic carbocycles. The Kier molecular flexibility index (Phi) is 5.89. The smallest absolute Gasteiger partial charge is 0.368 e. The molecule has 1 fully saturated rings. The van der Waals surface area contributed by atoms with Gasteiger partial charge in [-0.2, -0.15) is 28.8 Å². The van der Waals surface area contributed by atoms with Crippen molar-refractivity contribution in [1.29, 1.82) is 10.5 Å². The number of halogens is 3. The van der Waals surface area contributed by atoms with Gasteiger partial charge in [0.05, 0.1) is 11.3 Å². The molecule has 9 heteroatoms. The summed E-state index contributed by atoms with van der Waals surface area (Å²) >= 11 is 0. The molecular weight excluding hydrogens is 381 g/mol. The third kappa shape index (κ3) is 4.96. The summed E-state index contributed by atoms with van der Waals surface area (Å²) in [6, 6.07) is 16.1. The average Bonchev–Trinajstić information content (AvgIpc) is 2.74. The Labute approximate surface area is 166 Å². The number of hydrogen-bond donors (Lipinski definition) is 1. The van der Waals surface area contributed by atoms with E-state index in [9.17, 15) is 13.2 Å². The van der Waals surface area contributed by atoms with Crippen molar-refractivity contribution in [3.8, 4) is 12.1 Å². The van der Waals surface area contributed by atoms with Crippen molar-refractivity contribution >= 4 is 22.8 Å². The summed E-state index contributed by atoms with van der Waals surface area (Å²) in [7, 11) is 0. The lowest BCUT2D eigenvalue weighted by Gasteiger charge is -2.37. The van der Waals surface area contributed by atoms with Crippen molar-refractivity contribution < 1.29 is 13.2 Å². The zero-order valence-corrected chi connectivity index (χ0v) is 15.3. The maximum atomic E-state index is 12.9. The van der Waals surface area contributed by atoms with Crippen molar-refractivity contribution in [3.05, 3.63) is 54.1 Å². The monoisotopic (exact) mass is 398 g/mol. The van der Waals surface area contributed by atoms with Crippen molar-refractivity contribution in [2.75, 3.05) is 41.4 Å². The van der Waals surface area contributed by atoms with Gasteiger partial charge in [0.2, 0.25) is 5.71 Å². The van der Waals surface area contributed by atoms with Crippen molar-refractivity contribution in [2.24, 2.45) is 5.10 Å². The highest BCUT2D eigenvalue weighted by Gasteiger charge is 2.31. The fraction of sp³-hybridized carbons (Fsp3) is 0.250. The van der Waals surface area contributed by atoms with Crippen LogP contribution in [0.1, 0.15) is 5.56 Å². The third-order valence-corrected chi connectivity index (χ3v) is 4.56. The van der Waals surface area contributed by atoms with E-state index in [-0.39, 0.29) is 5.71 Å². The van der Waals surface area contributed by atoms with Gasteiger partial charge in [0.25, 0.3) is 0 Å². The first kappa shape index (κ1) is 20.0. The molecule has 0 unspecified atom stereocenters. The van der Waals surface area contributed by atoms with E-state index in [4.69, 9.17) is 10.5 Å². The molecule has 148 valence electrons. The SMILES string of the molecule is N#CC(C#N)=NNc1ccc(N2CCN(c3cccc(C(F)(F)F)c3)CC2)cc1. The minimum absolute atomic E-state index is 0.264. The number of alkyl halides is 3. The Hall–Kier alpha value is -3.72. The molecule has 2 aromatic carbocycles. The summed E-state index contributed by atoms with van der Waals surface area (Å²) in [4.78, 5) is 4.09. The molecule has 1 aliphatic heterocycles. The van der Waals surface area contributed by atoms with Gasteiger partial charge in [-0.3, -0.25) is 5.43 Å². The number of nitriles is 2. The number of rotatable bonds is 4. The molecule has 2 aromatic rings. The van der Waals surface area contributed by atoms with E-state index in [1.165, 1.54) is 12.1 Å². The quantitative estimate of drug-likeness (QED) is 0.625. The van der Waals surface area contributed by atoms with E-state index < -0.39 is 11.7 Å². The second-order valence-electron chi connectivity index (χ2n) is 6.36. The molecule has 29 heavy (non-hydrogen) atoms. The highest BCUT2D eigenvalue weighted by molar-refractivity contribution is 6.10. The van der Waals surface area contributed by atoms with E-state index >= 15 is 0 Å². The van der Waals surface area contributed by atoms with Crippen LogP contribution < -0.4 is 15.2 Å². The summed E-state index contributed by atoms with van der Waals surface area (Å²) in [5.41, 5.74) is 3.93. The lowest BCUT2D eigenvalue weighted by atomic mass is 10.1. The average molecular weight is 398 g/mol. The molecule has 0 spiro atoms.